The highest BCUT2D eigenvalue weighted by Gasteiger charge is 2.25. The maximum absolute atomic E-state index is 4.96. The first kappa shape index (κ1) is 16.3. The monoisotopic (exact) mass is 285 g/mol. The van der Waals surface area contributed by atoms with Crippen LogP contribution in [0, 0.1) is 0 Å². The second-order valence-electron chi connectivity index (χ2n) is 6.40. The van der Waals surface area contributed by atoms with Crippen molar-refractivity contribution in [1.29, 1.82) is 0 Å². The molecule has 18 heavy (non-hydrogen) atoms. The normalized spacial score (nSPS) is 24.2. The third-order valence-electron chi connectivity index (χ3n) is 3.34. The Bertz CT molecular complexity index is 258. The van der Waals surface area contributed by atoms with Crippen LogP contribution < -0.4 is 0 Å². The summed E-state index contributed by atoms with van der Waals surface area (Å²) in [6, 6.07) is 0. The zero-order valence-electron chi connectivity index (χ0n) is 12.8. The standard InChI is InChI=1S/C15H31NSSi/c1-5-6-10-13-16-14-11-8-7-9-12-15(14)17-18(2,3)4/h15H,5-13H2,1-4H3/b16-14+. The molecule has 1 aliphatic carbocycles. The van der Waals surface area contributed by atoms with E-state index in [2.05, 4.69) is 37.8 Å². The highest BCUT2D eigenvalue weighted by molar-refractivity contribution is 8.29. The Balaban J connectivity index is 2.56. The first-order chi connectivity index (χ1) is 8.53. The zero-order valence-corrected chi connectivity index (χ0v) is 14.6. The van der Waals surface area contributed by atoms with Gasteiger partial charge in [0, 0.05) is 17.5 Å². The predicted molar refractivity (Wildman–Crippen MR) is 89.6 cm³/mol. The lowest BCUT2D eigenvalue weighted by Crippen LogP contribution is -2.26. The van der Waals surface area contributed by atoms with Crippen molar-refractivity contribution < 1.29 is 0 Å². The fourth-order valence-corrected chi connectivity index (χ4v) is 7.25. The van der Waals surface area contributed by atoms with Gasteiger partial charge in [0.25, 0.3) is 0 Å². The molecule has 0 spiro atoms. The van der Waals surface area contributed by atoms with Crippen molar-refractivity contribution >= 4 is 24.1 Å². The van der Waals surface area contributed by atoms with Gasteiger partial charge in [-0.1, -0.05) is 52.2 Å². The molecule has 0 amide bonds. The lowest BCUT2D eigenvalue weighted by atomic mass is 10.1. The van der Waals surface area contributed by atoms with Crippen LogP contribution in [-0.2, 0) is 0 Å². The Labute approximate surface area is 119 Å². The highest BCUT2D eigenvalue weighted by atomic mass is 32.4. The van der Waals surface area contributed by atoms with Crippen molar-refractivity contribution in [3.63, 3.8) is 0 Å². The molecule has 1 fully saturated rings. The molecule has 1 unspecified atom stereocenters. The topological polar surface area (TPSA) is 12.4 Å². The van der Waals surface area contributed by atoms with Crippen molar-refractivity contribution in [3.05, 3.63) is 0 Å². The summed E-state index contributed by atoms with van der Waals surface area (Å²) in [5.41, 5.74) is 1.55. The van der Waals surface area contributed by atoms with E-state index in [4.69, 9.17) is 4.99 Å². The van der Waals surface area contributed by atoms with Gasteiger partial charge in [0.1, 0.15) is 7.22 Å². The van der Waals surface area contributed by atoms with E-state index in [0.717, 1.165) is 11.8 Å². The van der Waals surface area contributed by atoms with E-state index in [1.54, 1.807) is 5.71 Å². The molecule has 0 heterocycles. The molecule has 0 aliphatic heterocycles. The van der Waals surface area contributed by atoms with Gasteiger partial charge in [0.2, 0.25) is 0 Å². The summed E-state index contributed by atoms with van der Waals surface area (Å²) in [6.07, 6.45) is 10.8. The van der Waals surface area contributed by atoms with Crippen molar-refractivity contribution in [2.75, 3.05) is 6.54 Å². The molecule has 0 aromatic heterocycles. The van der Waals surface area contributed by atoms with Gasteiger partial charge in [-0.3, -0.25) is 4.99 Å². The van der Waals surface area contributed by atoms with Crippen molar-refractivity contribution in [2.45, 2.75) is 83.2 Å². The Morgan fingerprint density at radius 3 is 2.61 bits per heavy atom. The molecule has 1 atom stereocenters. The summed E-state index contributed by atoms with van der Waals surface area (Å²) in [6.45, 7) is 10.8. The summed E-state index contributed by atoms with van der Waals surface area (Å²) in [7, 11) is -1.03. The summed E-state index contributed by atoms with van der Waals surface area (Å²) in [5, 5.41) is 0.751. The predicted octanol–water partition coefficient (Wildman–Crippen LogP) is 5.52. The van der Waals surface area contributed by atoms with Crippen LogP contribution in [0.25, 0.3) is 0 Å². The van der Waals surface area contributed by atoms with Crippen LogP contribution in [0.2, 0.25) is 19.6 Å². The molecule has 0 bridgehead atoms. The van der Waals surface area contributed by atoms with Crippen LogP contribution in [0.3, 0.4) is 0 Å². The number of unbranched alkanes of at least 4 members (excludes halogenated alkanes) is 2. The van der Waals surface area contributed by atoms with Gasteiger partial charge in [-0.25, -0.2) is 0 Å². The Morgan fingerprint density at radius 2 is 1.94 bits per heavy atom. The van der Waals surface area contributed by atoms with Gasteiger partial charge in [-0.15, -0.1) is 0 Å². The van der Waals surface area contributed by atoms with Gasteiger partial charge < -0.3 is 0 Å². The van der Waals surface area contributed by atoms with E-state index in [1.807, 2.05) is 0 Å². The van der Waals surface area contributed by atoms with Gasteiger partial charge in [-0.05, 0) is 25.7 Å². The highest BCUT2D eigenvalue weighted by Crippen LogP contribution is 2.32. The molecule has 0 N–H and O–H groups in total. The zero-order chi connectivity index (χ0) is 13.4. The number of hydrogen-bond acceptors (Lipinski definition) is 2. The average molecular weight is 286 g/mol. The summed E-state index contributed by atoms with van der Waals surface area (Å²) < 4.78 is 0. The first-order valence-corrected chi connectivity index (χ1v) is 12.8. The quantitative estimate of drug-likeness (QED) is 0.356. The first-order valence-electron chi connectivity index (χ1n) is 7.74. The molecule has 0 saturated heterocycles. The largest absolute Gasteiger partial charge is 0.293 e. The SMILES string of the molecule is CCCCC/N=C1\CCCCCC1S[Si](C)(C)C. The van der Waals surface area contributed by atoms with Gasteiger partial charge >= 0.3 is 0 Å². The van der Waals surface area contributed by atoms with Crippen LogP contribution in [0.5, 0.6) is 0 Å². The third kappa shape index (κ3) is 6.98. The molecule has 1 rings (SSSR count). The van der Waals surface area contributed by atoms with Crippen LogP contribution in [0.4, 0.5) is 0 Å². The molecule has 1 nitrogen and oxygen atoms in total. The third-order valence-corrected chi connectivity index (χ3v) is 7.82. The molecule has 0 aromatic carbocycles. The smallest absolute Gasteiger partial charge is 0.109 e. The van der Waals surface area contributed by atoms with Crippen LogP contribution >= 0.6 is 11.2 Å². The summed E-state index contributed by atoms with van der Waals surface area (Å²) in [5.74, 6) is 0. The number of nitrogens with zero attached hydrogens (tertiary/aromatic N) is 1. The van der Waals surface area contributed by atoms with Gasteiger partial charge in [0.05, 0.1) is 0 Å². The minimum Gasteiger partial charge on any atom is -0.293 e. The fourth-order valence-electron chi connectivity index (χ4n) is 2.46. The maximum Gasteiger partial charge on any atom is 0.109 e. The number of hydrogen-bond donors (Lipinski definition) is 0. The Kier molecular flexibility index (Phi) is 7.62. The number of aliphatic imine (C=N–C) groups is 1. The lowest BCUT2D eigenvalue weighted by molar-refractivity contribution is 0.706. The van der Waals surface area contributed by atoms with Crippen LogP contribution in [-0.4, -0.2) is 24.7 Å². The van der Waals surface area contributed by atoms with Gasteiger partial charge in [-0.2, -0.15) is 11.2 Å². The molecular weight excluding hydrogens is 254 g/mol. The lowest BCUT2D eigenvalue weighted by Gasteiger charge is -2.24. The molecule has 3 heteroatoms. The molecule has 0 radical (unpaired) electrons. The van der Waals surface area contributed by atoms with Crippen LogP contribution in [0.15, 0.2) is 4.99 Å². The molecule has 1 saturated carbocycles. The van der Waals surface area contributed by atoms with Crippen LogP contribution in [0.1, 0.15) is 58.3 Å². The van der Waals surface area contributed by atoms with E-state index >= 15 is 0 Å². The van der Waals surface area contributed by atoms with Crippen molar-refractivity contribution in [3.8, 4) is 0 Å². The van der Waals surface area contributed by atoms with E-state index in [-0.39, 0.29) is 0 Å². The average Bonchev–Trinajstić information content (AvgIpc) is 2.48. The summed E-state index contributed by atoms with van der Waals surface area (Å²) in [4.78, 5) is 4.96. The second-order valence-corrected chi connectivity index (χ2v) is 15.8. The molecular formula is C15H31NSSi. The minimum atomic E-state index is -1.03. The molecule has 1 aliphatic rings. The fraction of sp³-hybridized carbons (Fsp3) is 0.933. The van der Waals surface area contributed by atoms with E-state index in [1.165, 1.54) is 51.4 Å². The second kappa shape index (κ2) is 8.42. The van der Waals surface area contributed by atoms with E-state index in [0.29, 0.717) is 0 Å². The molecule has 0 aromatic rings. The minimum absolute atomic E-state index is 0.751. The van der Waals surface area contributed by atoms with Crippen molar-refractivity contribution in [2.24, 2.45) is 4.99 Å². The Hall–Kier alpha value is 0.237. The maximum atomic E-state index is 4.96. The van der Waals surface area contributed by atoms with E-state index in [9.17, 15) is 0 Å². The van der Waals surface area contributed by atoms with E-state index < -0.39 is 7.22 Å². The number of rotatable bonds is 6. The Morgan fingerprint density at radius 1 is 1.17 bits per heavy atom. The molecule has 106 valence electrons. The van der Waals surface area contributed by atoms with Crippen molar-refractivity contribution in [1.82, 2.24) is 0 Å². The van der Waals surface area contributed by atoms with Gasteiger partial charge in [0.15, 0.2) is 0 Å². The summed E-state index contributed by atoms with van der Waals surface area (Å²) >= 11 is 2.27.